The van der Waals surface area contributed by atoms with Gasteiger partial charge in [-0.15, -0.1) is 10.2 Å². The van der Waals surface area contributed by atoms with Crippen LogP contribution in [-0.2, 0) is 36.4 Å². The Morgan fingerprint density at radius 2 is 1.56 bits per heavy atom. The third kappa shape index (κ3) is 15.6. The molecule has 0 radical (unpaired) electrons. The van der Waals surface area contributed by atoms with Crippen molar-refractivity contribution in [3.05, 3.63) is 93.0 Å². The largest absolute Gasteiger partial charge is 0.494 e. The number of aliphatic hydroxyl groups excluding tert-OH is 1. The van der Waals surface area contributed by atoms with Gasteiger partial charge in [0.05, 0.1) is 55.3 Å². The van der Waals surface area contributed by atoms with Crippen LogP contribution in [0.1, 0.15) is 31.1 Å². The minimum Gasteiger partial charge on any atom is -0.494 e. The first-order valence-electron chi connectivity index (χ1n) is 19.5. The summed E-state index contributed by atoms with van der Waals surface area (Å²) in [4.78, 5) is 77.6. The van der Waals surface area contributed by atoms with Crippen LogP contribution in [-0.4, -0.2) is 98.2 Å². The predicted octanol–water partition coefficient (Wildman–Crippen LogP) is 4.96. The molecule has 1 aliphatic heterocycles. The van der Waals surface area contributed by atoms with Crippen molar-refractivity contribution < 1.29 is 75.4 Å². The zero-order valence-electron chi connectivity index (χ0n) is 35.9. The lowest BCUT2D eigenvalue weighted by molar-refractivity contribution is -0.384. The topological polar surface area (TPSA) is 394 Å². The third-order valence-electron chi connectivity index (χ3n) is 9.19. The zero-order valence-corrected chi connectivity index (χ0v) is 38.5. The van der Waals surface area contributed by atoms with E-state index in [4.69, 9.17) is 29.7 Å². The normalized spacial score (nSPS) is 17.8. The summed E-state index contributed by atoms with van der Waals surface area (Å²) in [5.41, 5.74) is 7.40. The number of azo groups is 2. The molecule has 5 atom stereocenters. The van der Waals surface area contributed by atoms with Crippen LogP contribution >= 0.6 is 23.5 Å². The average Bonchev–Trinajstić information content (AvgIpc) is 3.64. The molecule has 0 aliphatic carbocycles. The third-order valence-corrected chi connectivity index (χ3v) is 13.0. The molecule has 3 aromatic carbocycles. The number of nitrogens with one attached hydrogen (secondary N) is 1. The number of nitro benzene ring substituents is 1. The summed E-state index contributed by atoms with van der Waals surface area (Å²) in [6.45, 7) is -0.531. The number of anilines is 2. The molecule has 28 nitrogen and oxygen atoms in total. The number of aliphatic hydroxyl groups is 1. The number of aromatic nitrogens is 2. The van der Waals surface area contributed by atoms with Gasteiger partial charge in [0.15, 0.2) is 0 Å². The second kappa shape index (κ2) is 23.1. The molecule has 31 heteroatoms. The van der Waals surface area contributed by atoms with E-state index in [2.05, 4.69) is 55.7 Å². The Morgan fingerprint density at radius 3 is 2.12 bits per heavy atom. The van der Waals surface area contributed by atoms with Crippen molar-refractivity contribution in [1.29, 1.82) is 0 Å². The fourth-order valence-corrected chi connectivity index (χ4v) is 8.96. The molecule has 4 aromatic rings. The standard InChI is InChI=1S/C37H43N10O18P3/c1-45(26-12-8-24(9-13-26)41-43-28-18-32(61-3)29(19-31(28)60-2)44-42-25-10-14-27(15-11-25)47(51)52)17-5-7-34(49)39-16-4-6-23-21-46(37(50)40-36(23)38)35-20-30(48)33(63-35)22-62-67(56,57)65-68(58,59)64-66(53,54)55/h8-15,18-19,21,30,33,35,48H,5,7,16-17,20,22H2,1-3H3,(H,39,49)(H,56,57)(H,58,59)(H2,38,40,50)(H2,53,54,55)/t30-,33+,35+/m0/s1. The summed E-state index contributed by atoms with van der Waals surface area (Å²) in [5.74, 6) is 5.54. The Morgan fingerprint density at radius 1 is 0.971 bits per heavy atom. The van der Waals surface area contributed by atoms with Gasteiger partial charge in [0, 0.05) is 62.6 Å². The monoisotopic (exact) mass is 1010 g/mol. The molecule has 68 heavy (non-hydrogen) atoms. The van der Waals surface area contributed by atoms with Crippen molar-refractivity contribution in [2.45, 2.75) is 37.7 Å². The number of hydrogen-bond donors (Lipinski definition) is 7. The van der Waals surface area contributed by atoms with Gasteiger partial charge < -0.3 is 54.8 Å². The number of hydrogen-bond acceptors (Lipinski definition) is 21. The van der Waals surface area contributed by atoms with E-state index in [0.717, 1.165) is 10.3 Å². The maximum absolute atomic E-state index is 12.6. The Hall–Kier alpha value is -6.30. The first kappa shape index (κ1) is 52.7. The number of nitrogens with zero attached hydrogens (tertiary/aromatic N) is 8. The van der Waals surface area contributed by atoms with Crippen LogP contribution in [0.25, 0.3) is 0 Å². The maximum atomic E-state index is 12.6. The van der Waals surface area contributed by atoms with Crippen LogP contribution in [0.2, 0.25) is 0 Å². The summed E-state index contributed by atoms with van der Waals surface area (Å²) in [7, 11) is -12.1. The second-order valence-electron chi connectivity index (χ2n) is 14.0. The van der Waals surface area contributed by atoms with Gasteiger partial charge in [0.1, 0.15) is 41.0 Å². The lowest BCUT2D eigenvalue weighted by Gasteiger charge is -2.19. The number of carbonyl (C=O) groups excluding carboxylic acids is 1. The molecule has 1 aromatic heterocycles. The maximum Gasteiger partial charge on any atom is 0.490 e. The molecule has 2 unspecified atom stereocenters. The number of nitro groups is 1. The molecular weight excluding hydrogens is 965 g/mol. The first-order chi connectivity index (χ1) is 32.0. The molecule has 1 fully saturated rings. The highest BCUT2D eigenvalue weighted by Crippen LogP contribution is 2.66. The number of carbonyl (C=O) groups is 1. The first-order valence-corrected chi connectivity index (χ1v) is 24.0. The van der Waals surface area contributed by atoms with Gasteiger partial charge in [-0.25, -0.2) is 18.5 Å². The molecule has 0 saturated carbocycles. The lowest BCUT2D eigenvalue weighted by atomic mass is 10.2. The number of non-ortho nitro benzene ring substituents is 1. The number of benzene rings is 3. The highest BCUT2D eigenvalue weighted by Gasteiger charge is 2.43. The van der Waals surface area contributed by atoms with Gasteiger partial charge >= 0.3 is 29.2 Å². The number of rotatable bonds is 21. The van der Waals surface area contributed by atoms with Crippen LogP contribution in [0.3, 0.4) is 0 Å². The van der Waals surface area contributed by atoms with E-state index in [-0.39, 0.29) is 42.4 Å². The Balaban J connectivity index is 1.08. The molecule has 1 aliphatic rings. The molecule has 364 valence electrons. The number of amides is 1. The second-order valence-corrected chi connectivity index (χ2v) is 18.5. The highest BCUT2D eigenvalue weighted by atomic mass is 31.3. The van der Waals surface area contributed by atoms with E-state index in [1.807, 2.05) is 24.1 Å². The summed E-state index contributed by atoms with van der Waals surface area (Å²) in [6, 6.07) is 15.9. The van der Waals surface area contributed by atoms with Crippen molar-refractivity contribution in [2.75, 3.05) is 51.6 Å². The molecule has 0 spiro atoms. The average molecular weight is 1010 g/mol. The summed E-state index contributed by atoms with van der Waals surface area (Å²) in [5, 5.41) is 41.0. The number of phosphoric acid groups is 3. The molecule has 8 N–H and O–H groups in total. The highest BCUT2D eigenvalue weighted by molar-refractivity contribution is 7.66. The van der Waals surface area contributed by atoms with Crippen LogP contribution in [0.5, 0.6) is 11.5 Å². The zero-order chi connectivity index (χ0) is 49.8. The van der Waals surface area contributed by atoms with E-state index in [1.165, 1.54) is 44.7 Å². The van der Waals surface area contributed by atoms with Crippen molar-refractivity contribution >= 4 is 69.3 Å². The van der Waals surface area contributed by atoms with E-state index in [9.17, 15) is 48.3 Å². The van der Waals surface area contributed by atoms with Gasteiger partial charge in [-0.05, 0) is 42.8 Å². The van der Waals surface area contributed by atoms with E-state index in [0.29, 0.717) is 47.2 Å². The minimum atomic E-state index is -5.78. The van der Waals surface area contributed by atoms with Crippen LogP contribution in [0.4, 0.5) is 39.9 Å². The van der Waals surface area contributed by atoms with E-state index >= 15 is 0 Å². The lowest BCUT2D eigenvalue weighted by Crippen LogP contribution is -2.29. The number of phosphoric ester groups is 1. The molecule has 5 rings (SSSR count). The van der Waals surface area contributed by atoms with Gasteiger partial charge in [-0.3, -0.25) is 24.0 Å². The van der Waals surface area contributed by atoms with Crippen LogP contribution < -0.4 is 31.1 Å². The van der Waals surface area contributed by atoms with Gasteiger partial charge in [-0.1, -0.05) is 11.8 Å². The Labute approximate surface area is 385 Å². The SMILES string of the molecule is COc1cc(N=Nc2ccc([N+](=O)[O-])cc2)c(OC)cc1N=Nc1ccc(N(C)CCCC(=O)NCC#Cc2cn([C@H]3C[C@H](O)[C@@H](COP(=O)(O)OP(=O)(O)OP(=O)(O)O)O3)c(=O)nc2N)cc1. The van der Waals surface area contributed by atoms with Crippen molar-refractivity contribution in [2.24, 2.45) is 20.5 Å². The Bertz CT molecular complexity index is 2800. The Kier molecular flexibility index (Phi) is 17.9. The number of nitrogen functional groups attached to an aromatic ring is 1. The predicted molar refractivity (Wildman–Crippen MR) is 237 cm³/mol. The minimum absolute atomic E-state index is 0.0554. The summed E-state index contributed by atoms with van der Waals surface area (Å²) in [6.07, 6.45) is -2.50. The number of nitrogens with two attached hydrogens (primary N) is 1. The quantitative estimate of drug-likeness (QED) is 0.0191. The number of methoxy groups -OCH3 is 2. The van der Waals surface area contributed by atoms with E-state index < -0.39 is 59.1 Å². The van der Waals surface area contributed by atoms with Crippen LogP contribution in [0.15, 0.2) is 92.1 Å². The molecular formula is C37H43N10O18P3. The van der Waals surface area contributed by atoms with Gasteiger partial charge in [0.25, 0.3) is 5.69 Å². The van der Waals surface area contributed by atoms with Crippen LogP contribution in [0, 0.1) is 22.0 Å². The summed E-state index contributed by atoms with van der Waals surface area (Å²) >= 11 is 0. The van der Waals surface area contributed by atoms with Gasteiger partial charge in [-0.2, -0.15) is 23.8 Å². The smallest absolute Gasteiger partial charge is 0.490 e. The molecule has 2 heterocycles. The fourth-order valence-electron chi connectivity index (χ4n) is 5.93. The summed E-state index contributed by atoms with van der Waals surface area (Å²) < 4.78 is 63.7. The van der Waals surface area contributed by atoms with Crippen molar-refractivity contribution in [3.63, 3.8) is 0 Å². The molecule has 1 saturated heterocycles. The van der Waals surface area contributed by atoms with Gasteiger partial charge in [0.2, 0.25) is 5.91 Å². The molecule has 0 bridgehead atoms. The van der Waals surface area contributed by atoms with Crippen molar-refractivity contribution in [3.8, 4) is 23.3 Å². The number of ether oxygens (including phenoxy) is 3. The van der Waals surface area contributed by atoms with Crippen molar-refractivity contribution in [1.82, 2.24) is 14.9 Å². The fraction of sp³-hybridized carbons (Fsp3) is 0.324. The molecule has 1 amide bonds. The van der Waals surface area contributed by atoms with E-state index in [1.54, 1.807) is 24.3 Å².